The minimum absolute atomic E-state index is 0.118. The lowest BCUT2D eigenvalue weighted by Crippen LogP contribution is -2.26. The van der Waals surface area contributed by atoms with Crippen molar-refractivity contribution in [1.82, 2.24) is 4.90 Å². The molecular formula is C32H34ClFN2O2. The summed E-state index contributed by atoms with van der Waals surface area (Å²) in [4.78, 5) is 14.2. The second-order valence-electron chi connectivity index (χ2n) is 10.3. The van der Waals surface area contributed by atoms with Crippen LogP contribution >= 0.6 is 11.6 Å². The third-order valence-electron chi connectivity index (χ3n) is 7.57. The molecule has 3 aromatic carbocycles. The Labute approximate surface area is 229 Å². The van der Waals surface area contributed by atoms with E-state index in [1.54, 1.807) is 0 Å². The Hall–Kier alpha value is -3.15. The first kappa shape index (κ1) is 26.5. The van der Waals surface area contributed by atoms with E-state index in [1.807, 2.05) is 43.3 Å². The van der Waals surface area contributed by atoms with Crippen LogP contribution in [0.25, 0.3) is 11.1 Å². The molecule has 4 nitrogen and oxygen atoms in total. The smallest absolute Gasteiger partial charge is 0.248 e. The number of amides is 1. The first-order valence-electron chi connectivity index (χ1n) is 13.4. The van der Waals surface area contributed by atoms with Crippen LogP contribution in [-0.4, -0.2) is 43.2 Å². The number of likely N-dealkylation sites (tertiary alicyclic amines) is 1. The SMILES string of the molecule is Cc1ccc(C2=C(c3ccc(O[C@H]4CCN(CCCF)C4)cc3)c3ccc(C(N)=O)cc3CCC2)c(Cl)c1. The Morgan fingerprint density at radius 2 is 1.87 bits per heavy atom. The molecule has 1 heterocycles. The molecule has 1 atom stereocenters. The molecule has 1 aliphatic carbocycles. The van der Waals surface area contributed by atoms with Crippen LogP contribution in [0.4, 0.5) is 4.39 Å². The molecule has 0 unspecified atom stereocenters. The summed E-state index contributed by atoms with van der Waals surface area (Å²) in [5.41, 5.74) is 13.9. The van der Waals surface area contributed by atoms with E-state index in [0.29, 0.717) is 12.0 Å². The Morgan fingerprint density at radius 3 is 2.61 bits per heavy atom. The third-order valence-corrected chi connectivity index (χ3v) is 7.88. The molecule has 5 rings (SSSR count). The van der Waals surface area contributed by atoms with Crippen LogP contribution < -0.4 is 10.5 Å². The van der Waals surface area contributed by atoms with E-state index in [0.717, 1.165) is 89.5 Å². The fourth-order valence-electron chi connectivity index (χ4n) is 5.68. The Morgan fingerprint density at radius 1 is 1.08 bits per heavy atom. The highest BCUT2D eigenvalue weighted by molar-refractivity contribution is 6.32. The molecule has 0 radical (unpaired) electrons. The first-order valence-corrected chi connectivity index (χ1v) is 13.8. The number of halogens is 2. The summed E-state index contributed by atoms with van der Waals surface area (Å²) in [5, 5.41) is 0.744. The van der Waals surface area contributed by atoms with Crippen LogP contribution in [0.3, 0.4) is 0 Å². The Bertz CT molecular complexity index is 1350. The summed E-state index contributed by atoms with van der Waals surface area (Å²) in [6.45, 7) is 4.33. The van der Waals surface area contributed by atoms with E-state index in [2.05, 4.69) is 29.2 Å². The molecule has 0 bridgehead atoms. The van der Waals surface area contributed by atoms with E-state index in [-0.39, 0.29) is 12.8 Å². The van der Waals surface area contributed by atoms with Gasteiger partial charge in [-0.1, -0.05) is 41.9 Å². The van der Waals surface area contributed by atoms with Crippen LogP contribution in [-0.2, 0) is 6.42 Å². The molecule has 1 saturated heterocycles. The van der Waals surface area contributed by atoms with Gasteiger partial charge in [0, 0.05) is 30.2 Å². The number of primary amides is 1. The standard InChI is InChI=1S/C32H34ClFN2O2/c1-21-6-12-28(30(33)18-21)29-5-2-4-23-19-24(32(35)37)9-13-27(23)31(29)22-7-10-25(11-8-22)38-26-14-17-36(20-26)16-3-15-34/h6-13,18-19,26H,2-5,14-17,20H2,1H3,(H2,35,37)/t26-/m0/s1. The van der Waals surface area contributed by atoms with Crippen molar-refractivity contribution in [2.75, 3.05) is 26.3 Å². The molecule has 0 saturated carbocycles. The van der Waals surface area contributed by atoms with Gasteiger partial charge in [-0.25, -0.2) is 0 Å². The predicted molar refractivity (Wildman–Crippen MR) is 153 cm³/mol. The van der Waals surface area contributed by atoms with E-state index in [4.69, 9.17) is 22.1 Å². The molecule has 1 amide bonds. The molecular weight excluding hydrogens is 499 g/mol. The maximum Gasteiger partial charge on any atom is 0.248 e. The van der Waals surface area contributed by atoms with Crippen molar-refractivity contribution < 1.29 is 13.9 Å². The van der Waals surface area contributed by atoms with Crippen LogP contribution in [0.5, 0.6) is 5.75 Å². The van der Waals surface area contributed by atoms with Crippen molar-refractivity contribution >= 4 is 28.7 Å². The van der Waals surface area contributed by atoms with Gasteiger partial charge < -0.3 is 10.5 Å². The minimum Gasteiger partial charge on any atom is -0.489 e. The van der Waals surface area contributed by atoms with E-state index >= 15 is 0 Å². The van der Waals surface area contributed by atoms with Gasteiger partial charge in [0.2, 0.25) is 5.91 Å². The molecule has 6 heteroatoms. The second kappa shape index (κ2) is 11.7. The lowest BCUT2D eigenvalue weighted by Gasteiger charge is -2.19. The Kier molecular flexibility index (Phi) is 8.15. The zero-order valence-electron chi connectivity index (χ0n) is 21.8. The molecule has 0 aromatic heterocycles. The largest absolute Gasteiger partial charge is 0.489 e. The van der Waals surface area contributed by atoms with Gasteiger partial charge in [-0.05, 0) is 108 Å². The number of hydrogen-bond donors (Lipinski definition) is 1. The number of carbonyl (C=O) groups excluding carboxylic acids is 1. The molecule has 38 heavy (non-hydrogen) atoms. The molecule has 0 spiro atoms. The lowest BCUT2D eigenvalue weighted by atomic mass is 9.87. The summed E-state index contributed by atoms with van der Waals surface area (Å²) in [7, 11) is 0. The number of benzene rings is 3. The summed E-state index contributed by atoms with van der Waals surface area (Å²) in [5.74, 6) is 0.417. The van der Waals surface area contributed by atoms with Crippen LogP contribution in [0, 0.1) is 6.92 Å². The predicted octanol–water partition coefficient (Wildman–Crippen LogP) is 6.86. The van der Waals surface area contributed by atoms with E-state index < -0.39 is 5.91 Å². The lowest BCUT2D eigenvalue weighted by molar-refractivity contribution is 0.1000. The van der Waals surface area contributed by atoms with Gasteiger partial charge in [0.05, 0.1) is 6.67 Å². The van der Waals surface area contributed by atoms with Crippen LogP contribution in [0.1, 0.15) is 63.9 Å². The molecule has 3 aromatic rings. The normalized spacial score (nSPS) is 17.8. The Balaban J connectivity index is 1.51. The van der Waals surface area contributed by atoms with Crippen molar-refractivity contribution in [2.45, 2.75) is 45.1 Å². The number of alkyl halides is 1. The maximum absolute atomic E-state index is 12.5. The number of fused-ring (bicyclic) bond motifs is 1. The number of hydrogen-bond acceptors (Lipinski definition) is 3. The fraction of sp³-hybridized carbons (Fsp3) is 0.344. The highest BCUT2D eigenvalue weighted by atomic mass is 35.5. The van der Waals surface area contributed by atoms with Gasteiger partial charge >= 0.3 is 0 Å². The van der Waals surface area contributed by atoms with Gasteiger partial charge in [-0.2, -0.15) is 0 Å². The van der Waals surface area contributed by atoms with Crippen molar-refractivity contribution in [1.29, 1.82) is 0 Å². The van der Waals surface area contributed by atoms with Crippen molar-refractivity contribution in [2.24, 2.45) is 5.73 Å². The zero-order chi connectivity index (χ0) is 26.6. The fourth-order valence-corrected chi connectivity index (χ4v) is 6.03. The number of rotatable bonds is 8. The first-order chi connectivity index (χ1) is 18.4. The average molecular weight is 533 g/mol. The number of nitrogens with zero attached hydrogens (tertiary/aromatic N) is 1. The van der Waals surface area contributed by atoms with Gasteiger partial charge in [0.15, 0.2) is 0 Å². The number of ether oxygens (including phenoxy) is 1. The minimum atomic E-state index is -0.416. The van der Waals surface area contributed by atoms with Crippen molar-refractivity contribution in [3.8, 4) is 5.75 Å². The monoisotopic (exact) mass is 532 g/mol. The molecule has 2 N–H and O–H groups in total. The quantitative estimate of drug-likeness (QED) is 0.345. The van der Waals surface area contributed by atoms with Crippen molar-refractivity contribution in [3.63, 3.8) is 0 Å². The number of aryl methyl sites for hydroxylation is 2. The zero-order valence-corrected chi connectivity index (χ0v) is 22.6. The maximum atomic E-state index is 12.5. The number of nitrogens with two attached hydrogens (primary N) is 1. The second-order valence-corrected chi connectivity index (χ2v) is 10.7. The van der Waals surface area contributed by atoms with Crippen LogP contribution in [0.2, 0.25) is 5.02 Å². The molecule has 1 aliphatic heterocycles. The summed E-state index contributed by atoms with van der Waals surface area (Å²) >= 11 is 6.79. The van der Waals surface area contributed by atoms with E-state index in [9.17, 15) is 9.18 Å². The van der Waals surface area contributed by atoms with Crippen molar-refractivity contribution in [3.05, 3.63) is 99.1 Å². The molecule has 198 valence electrons. The topological polar surface area (TPSA) is 55.6 Å². The molecule has 2 aliphatic rings. The van der Waals surface area contributed by atoms with Gasteiger partial charge in [0.1, 0.15) is 11.9 Å². The summed E-state index contributed by atoms with van der Waals surface area (Å²) in [6.07, 6.45) is 4.31. The summed E-state index contributed by atoms with van der Waals surface area (Å²) in [6, 6.07) is 20.3. The summed E-state index contributed by atoms with van der Waals surface area (Å²) < 4.78 is 18.8. The van der Waals surface area contributed by atoms with Gasteiger partial charge in [0.25, 0.3) is 0 Å². The van der Waals surface area contributed by atoms with Crippen LogP contribution in [0.15, 0.2) is 60.7 Å². The van der Waals surface area contributed by atoms with Gasteiger partial charge in [-0.15, -0.1) is 0 Å². The van der Waals surface area contributed by atoms with Gasteiger partial charge in [-0.3, -0.25) is 14.1 Å². The van der Waals surface area contributed by atoms with E-state index in [1.165, 1.54) is 5.57 Å². The average Bonchev–Trinajstić information content (AvgIpc) is 3.26. The molecule has 1 fully saturated rings. The highest BCUT2D eigenvalue weighted by Crippen LogP contribution is 2.42. The highest BCUT2D eigenvalue weighted by Gasteiger charge is 2.25. The third kappa shape index (κ3) is 5.79. The number of carbonyl (C=O) groups is 1. The number of allylic oxidation sites excluding steroid dienone is 1.